The van der Waals surface area contributed by atoms with E-state index in [0.29, 0.717) is 6.42 Å². The van der Waals surface area contributed by atoms with E-state index < -0.39 is 6.16 Å². The fourth-order valence-electron chi connectivity index (χ4n) is 0.675. The molecule has 1 atom stereocenters. The Morgan fingerprint density at radius 2 is 2.27 bits per heavy atom. The van der Waals surface area contributed by atoms with E-state index in [4.69, 9.17) is 5.11 Å². The fraction of sp³-hybridized carbons (Fsp3) is 0.625. The minimum atomic E-state index is -1.21. The van der Waals surface area contributed by atoms with Crippen molar-refractivity contribution in [3.63, 3.8) is 0 Å². The molecule has 3 nitrogen and oxygen atoms in total. The summed E-state index contributed by atoms with van der Waals surface area (Å²) in [5.74, 6) is 0. The van der Waals surface area contributed by atoms with Gasteiger partial charge >= 0.3 is 6.16 Å². The van der Waals surface area contributed by atoms with Crippen molar-refractivity contribution in [1.29, 1.82) is 0 Å². The van der Waals surface area contributed by atoms with Crippen molar-refractivity contribution in [3.8, 4) is 0 Å². The highest BCUT2D eigenvalue weighted by Crippen LogP contribution is 1.99. The topological polar surface area (TPSA) is 46.5 Å². The van der Waals surface area contributed by atoms with Crippen molar-refractivity contribution < 1.29 is 14.6 Å². The minimum Gasteiger partial charge on any atom is -0.450 e. The van der Waals surface area contributed by atoms with E-state index in [0.717, 1.165) is 6.42 Å². The summed E-state index contributed by atoms with van der Waals surface area (Å²) < 4.78 is 4.46. The molecule has 0 saturated carbocycles. The maximum Gasteiger partial charge on any atom is 0.506 e. The molecule has 0 aliphatic rings. The highest BCUT2D eigenvalue weighted by Gasteiger charge is 2.03. The van der Waals surface area contributed by atoms with E-state index in [2.05, 4.69) is 4.74 Å². The minimum absolute atomic E-state index is 0.240. The Kier molecular flexibility index (Phi) is 5.25. The summed E-state index contributed by atoms with van der Waals surface area (Å²) in [6.07, 6.45) is 4.09. The summed E-state index contributed by atoms with van der Waals surface area (Å²) in [5, 5.41) is 8.19. The predicted octanol–water partition coefficient (Wildman–Crippen LogP) is 2.43. The predicted molar refractivity (Wildman–Crippen MR) is 42.6 cm³/mol. The summed E-state index contributed by atoms with van der Waals surface area (Å²) >= 11 is 0. The number of ether oxygens (including phenoxy) is 1. The number of rotatable bonds is 4. The van der Waals surface area contributed by atoms with Gasteiger partial charge in [0, 0.05) is 6.42 Å². The van der Waals surface area contributed by atoms with Crippen molar-refractivity contribution in [3.05, 3.63) is 12.2 Å². The van der Waals surface area contributed by atoms with Gasteiger partial charge in [-0.25, -0.2) is 4.79 Å². The van der Waals surface area contributed by atoms with Gasteiger partial charge in [-0.15, -0.1) is 0 Å². The first-order valence-corrected chi connectivity index (χ1v) is 3.71. The maximum absolute atomic E-state index is 10.00. The smallest absolute Gasteiger partial charge is 0.450 e. The van der Waals surface area contributed by atoms with Gasteiger partial charge < -0.3 is 9.84 Å². The lowest BCUT2D eigenvalue weighted by Crippen LogP contribution is -2.11. The molecule has 0 aliphatic carbocycles. The number of allylic oxidation sites excluding steroid dienone is 1. The third-order valence-corrected chi connectivity index (χ3v) is 1.17. The molecule has 0 bridgehead atoms. The highest BCUT2D eigenvalue weighted by molar-refractivity contribution is 5.57. The molecule has 0 saturated heterocycles. The van der Waals surface area contributed by atoms with Crippen molar-refractivity contribution in [1.82, 2.24) is 0 Å². The monoisotopic (exact) mass is 158 g/mol. The van der Waals surface area contributed by atoms with Crippen LogP contribution in [0, 0.1) is 0 Å². The van der Waals surface area contributed by atoms with Crippen molar-refractivity contribution in [2.45, 2.75) is 32.8 Å². The molecule has 0 aromatic heterocycles. The Balaban J connectivity index is 3.44. The second-order valence-corrected chi connectivity index (χ2v) is 2.31. The van der Waals surface area contributed by atoms with E-state index in [1.54, 1.807) is 6.92 Å². The Hall–Kier alpha value is -0.990. The SMILES string of the molecule is CC/C=C\CC(C)OC(=O)O. The van der Waals surface area contributed by atoms with Crippen LogP contribution in [0.4, 0.5) is 4.79 Å². The van der Waals surface area contributed by atoms with Crippen molar-refractivity contribution >= 4 is 6.16 Å². The van der Waals surface area contributed by atoms with E-state index >= 15 is 0 Å². The van der Waals surface area contributed by atoms with Crippen LogP contribution in [-0.4, -0.2) is 17.4 Å². The number of carbonyl (C=O) groups is 1. The Bertz CT molecular complexity index is 140. The molecule has 0 radical (unpaired) electrons. The van der Waals surface area contributed by atoms with Gasteiger partial charge in [0.05, 0.1) is 0 Å². The van der Waals surface area contributed by atoms with Crippen LogP contribution in [0.5, 0.6) is 0 Å². The maximum atomic E-state index is 10.00. The summed E-state index contributed by atoms with van der Waals surface area (Å²) in [4.78, 5) is 10.00. The largest absolute Gasteiger partial charge is 0.506 e. The number of hydrogen-bond acceptors (Lipinski definition) is 2. The molecule has 0 fully saturated rings. The summed E-state index contributed by atoms with van der Waals surface area (Å²) in [5.41, 5.74) is 0. The molecule has 11 heavy (non-hydrogen) atoms. The Labute approximate surface area is 66.7 Å². The van der Waals surface area contributed by atoms with Gasteiger partial charge in [0.1, 0.15) is 6.10 Å². The lowest BCUT2D eigenvalue weighted by Gasteiger charge is -2.06. The number of carboxylic acid groups (broad SMARTS) is 1. The molecular weight excluding hydrogens is 144 g/mol. The lowest BCUT2D eigenvalue weighted by atomic mass is 10.2. The standard InChI is InChI=1S/C8H14O3/c1-3-4-5-6-7(2)11-8(9)10/h4-5,7H,3,6H2,1-2H3,(H,9,10)/b5-4-. The second kappa shape index (κ2) is 5.77. The summed E-state index contributed by atoms with van der Waals surface area (Å²) in [6.45, 7) is 3.76. The van der Waals surface area contributed by atoms with Crippen LogP contribution in [0.1, 0.15) is 26.7 Å². The first-order chi connectivity index (χ1) is 5.16. The first-order valence-electron chi connectivity index (χ1n) is 3.71. The van der Waals surface area contributed by atoms with Crippen molar-refractivity contribution in [2.75, 3.05) is 0 Å². The quantitative estimate of drug-likeness (QED) is 0.505. The molecule has 1 N–H and O–H groups in total. The molecule has 0 rings (SSSR count). The van der Waals surface area contributed by atoms with Gasteiger partial charge in [0.15, 0.2) is 0 Å². The third kappa shape index (κ3) is 6.90. The normalized spacial score (nSPS) is 13.3. The zero-order chi connectivity index (χ0) is 8.69. The van der Waals surface area contributed by atoms with Gasteiger partial charge in [0.2, 0.25) is 0 Å². The first kappa shape index (κ1) is 10.0. The zero-order valence-corrected chi connectivity index (χ0v) is 6.91. The van der Waals surface area contributed by atoms with Gasteiger partial charge in [-0.05, 0) is 13.3 Å². The van der Waals surface area contributed by atoms with Crippen molar-refractivity contribution in [2.24, 2.45) is 0 Å². The average molecular weight is 158 g/mol. The van der Waals surface area contributed by atoms with Gasteiger partial charge in [0.25, 0.3) is 0 Å². The van der Waals surface area contributed by atoms with Crippen LogP contribution in [0.2, 0.25) is 0 Å². The van der Waals surface area contributed by atoms with E-state index in [-0.39, 0.29) is 6.10 Å². The molecule has 3 heteroatoms. The number of hydrogen-bond donors (Lipinski definition) is 1. The van der Waals surface area contributed by atoms with Crippen LogP contribution in [0.15, 0.2) is 12.2 Å². The van der Waals surface area contributed by atoms with Crippen LogP contribution in [0.3, 0.4) is 0 Å². The van der Waals surface area contributed by atoms with Crippen LogP contribution >= 0.6 is 0 Å². The van der Waals surface area contributed by atoms with Gasteiger partial charge in [-0.2, -0.15) is 0 Å². The molecule has 0 aromatic rings. The molecular formula is C8H14O3. The highest BCUT2D eigenvalue weighted by atomic mass is 16.7. The second-order valence-electron chi connectivity index (χ2n) is 2.31. The molecule has 0 spiro atoms. The van der Waals surface area contributed by atoms with E-state index in [1.165, 1.54) is 0 Å². The molecule has 64 valence electrons. The molecule has 0 aromatic carbocycles. The Morgan fingerprint density at radius 3 is 2.73 bits per heavy atom. The summed E-state index contributed by atoms with van der Waals surface area (Å²) in [7, 11) is 0. The van der Waals surface area contributed by atoms with Crippen LogP contribution in [0.25, 0.3) is 0 Å². The van der Waals surface area contributed by atoms with Crippen LogP contribution < -0.4 is 0 Å². The molecule has 0 amide bonds. The fourth-order valence-corrected chi connectivity index (χ4v) is 0.675. The summed E-state index contributed by atoms with van der Waals surface area (Å²) in [6, 6.07) is 0. The lowest BCUT2D eigenvalue weighted by molar-refractivity contribution is 0.0602. The Morgan fingerprint density at radius 1 is 1.64 bits per heavy atom. The van der Waals surface area contributed by atoms with Crippen LogP contribution in [-0.2, 0) is 4.74 Å². The molecule has 0 heterocycles. The van der Waals surface area contributed by atoms with Gasteiger partial charge in [-0.1, -0.05) is 19.1 Å². The third-order valence-electron chi connectivity index (χ3n) is 1.17. The zero-order valence-electron chi connectivity index (χ0n) is 6.91. The van der Waals surface area contributed by atoms with E-state index in [9.17, 15) is 4.79 Å². The molecule has 1 unspecified atom stereocenters. The molecule has 0 aliphatic heterocycles. The van der Waals surface area contributed by atoms with Gasteiger partial charge in [-0.3, -0.25) is 0 Å². The van der Waals surface area contributed by atoms with E-state index in [1.807, 2.05) is 19.1 Å². The average Bonchev–Trinajstić information content (AvgIpc) is 1.86.